The monoisotopic (exact) mass is 382 g/mol. The lowest BCUT2D eigenvalue weighted by molar-refractivity contribution is -0.144. The molecule has 0 aliphatic carbocycles. The van der Waals surface area contributed by atoms with E-state index in [2.05, 4.69) is 5.32 Å². The first-order valence-corrected chi connectivity index (χ1v) is 9.30. The van der Waals surface area contributed by atoms with E-state index >= 15 is 0 Å². The standard InChI is InChI=1S/C22H26N2O4/c1-17-7-9-19(10-8-17)11-12-20(25)23-15-21(26)24(16-22(27)28)14-13-18-5-3-2-4-6-18/h2-10H,11-16H2,1H3,(H,23,25)(H,27,28). The van der Waals surface area contributed by atoms with Gasteiger partial charge in [-0.15, -0.1) is 0 Å². The van der Waals surface area contributed by atoms with Crippen molar-refractivity contribution < 1.29 is 19.5 Å². The number of carboxylic acids is 1. The highest BCUT2D eigenvalue weighted by atomic mass is 16.4. The predicted molar refractivity (Wildman–Crippen MR) is 107 cm³/mol. The van der Waals surface area contributed by atoms with Gasteiger partial charge in [-0.2, -0.15) is 0 Å². The van der Waals surface area contributed by atoms with Crippen molar-refractivity contribution in [1.82, 2.24) is 10.2 Å². The Kier molecular flexibility index (Phi) is 8.21. The number of aryl methyl sites for hydroxylation is 2. The van der Waals surface area contributed by atoms with Crippen molar-refractivity contribution in [3.8, 4) is 0 Å². The van der Waals surface area contributed by atoms with Gasteiger partial charge >= 0.3 is 5.97 Å². The van der Waals surface area contributed by atoms with Crippen molar-refractivity contribution in [2.75, 3.05) is 19.6 Å². The minimum atomic E-state index is -1.08. The molecule has 2 rings (SSSR count). The van der Waals surface area contributed by atoms with Crippen molar-refractivity contribution >= 4 is 17.8 Å². The van der Waals surface area contributed by atoms with Gasteiger partial charge in [-0.1, -0.05) is 60.2 Å². The van der Waals surface area contributed by atoms with Crippen LogP contribution < -0.4 is 5.32 Å². The Balaban J connectivity index is 1.79. The lowest BCUT2D eigenvalue weighted by Gasteiger charge is -2.21. The molecule has 6 nitrogen and oxygen atoms in total. The van der Waals surface area contributed by atoms with E-state index in [1.165, 1.54) is 4.90 Å². The lowest BCUT2D eigenvalue weighted by atomic mass is 10.1. The fourth-order valence-corrected chi connectivity index (χ4v) is 2.75. The zero-order chi connectivity index (χ0) is 20.4. The predicted octanol–water partition coefficient (Wildman–Crippen LogP) is 2.20. The number of amides is 2. The molecule has 0 bridgehead atoms. The van der Waals surface area contributed by atoms with Crippen LogP contribution in [0.3, 0.4) is 0 Å². The first-order chi connectivity index (χ1) is 13.4. The highest BCUT2D eigenvalue weighted by Gasteiger charge is 2.17. The summed E-state index contributed by atoms with van der Waals surface area (Å²) in [6, 6.07) is 17.5. The minimum Gasteiger partial charge on any atom is -0.480 e. The van der Waals surface area contributed by atoms with Crippen molar-refractivity contribution in [2.24, 2.45) is 0 Å². The average Bonchev–Trinajstić information content (AvgIpc) is 2.69. The molecular formula is C22H26N2O4. The van der Waals surface area contributed by atoms with Gasteiger partial charge in [0.1, 0.15) is 6.54 Å². The molecule has 0 atom stereocenters. The number of rotatable bonds is 10. The molecule has 2 aromatic rings. The summed E-state index contributed by atoms with van der Waals surface area (Å²) in [5.74, 6) is -1.71. The molecule has 2 amide bonds. The molecule has 148 valence electrons. The van der Waals surface area contributed by atoms with E-state index < -0.39 is 11.9 Å². The fourth-order valence-electron chi connectivity index (χ4n) is 2.75. The SMILES string of the molecule is Cc1ccc(CCC(=O)NCC(=O)N(CCc2ccccc2)CC(=O)O)cc1. The average molecular weight is 382 g/mol. The Bertz CT molecular complexity index is 788. The Labute approximate surface area is 165 Å². The summed E-state index contributed by atoms with van der Waals surface area (Å²) >= 11 is 0. The molecule has 0 saturated carbocycles. The topological polar surface area (TPSA) is 86.7 Å². The van der Waals surface area contributed by atoms with Crippen molar-refractivity contribution in [3.05, 3.63) is 71.3 Å². The molecule has 6 heteroatoms. The van der Waals surface area contributed by atoms with E-state index in [1.54, 1.807) is 0 Å². The van der Waals surface area contributed by atoms with Crippen LogP contribution in [0.2, 0.25) is 0 Å². The van der Waals surface area contributed by atoms with Crippen LogP contribution in [0.25, 0.3) is 0 Å². The minimum absolute atomic E-state index is 0.200. The molecule has 2 aromatic carbocycles. The highest BCUT2D eigenvalue weighted by Crippen LogP contribution is 2.06. The third-order valence-corrected chi connectivity index (χ3v) is 4.39. The van der Waals surface area contributed by atoms with Gasteiger partial charge in [-0.25, -0.2) is 0 Å². The summed E-state index contributed by atoms with van der Waals surface area (Å²) in [5.41, 5.74) is 3.24. The number of aliphatic carboxylic acids is 1. The Morgan fingerprint density at radius 3 is 2.21 bits per heavy atom. The van der Waals surface area contributed by atoms with Gasteiger partial charge in [-0.3, -0.25) is 14.4 Å². The van der Waals surface area contributed by atoms with Crippen molar-refractivity contribution in [3.63, 3.8) is 0 Å². The van der Waals surface area contributed by atoms with Gasteiger partial charge in [0.2, 0.25) is 11.8 Å². The quantitative estimate of drug-likeness (QED) is 0.660. The summed E-state index contributed by atoms with van der Waals surface area (Å²) in [5, 5.41) is 11.6. The van der Waals surface area contributed by atoms with Crippen molar-refractivity contribution in [2.45, 2.75) is 26.2 Å². The summed E-state index contributed by atoms with van der Waals surface area (Å²) < 4.78 is 0. The number of carboxylic acid groups (broad SMARTS) is 1. The van der Waals surface area contributed by atoms with Crippen molar-refractivity contribution in [1.29, 1.82) is 0 Å². The first-order valence-electron chi connectivity index (χ1n) is 9.30. The van der Waals surface area contributed by atoms with E-state index in [1.807, 2.05) is 61.5 Å². The molecule has 0 aliphatic heterocycles. The van der Waals surface area contributed by atoms with Crippen LogP contribution in [0.4, 0.5) is 0 Å². The van der Waals surface area contributed by atoms with Crippen LogP contribution in [0.5, 0.6) is 0 Å². The molecule has 0 aromatic heterocycles. The van der Waals surface area contributed by atoms with Crippen LogP contribution in [0.1, 0.15) is 23.1 Å². The van der Waals surface area contributed by atoms with Crippen LogP contribution >= 0.6 is 0 Å². The molecule has 0 saturated heterocycles. The molecule has 0 fully saturated rings. The largest absolute Gasteiger partial charge is 0.480 e. The summed E-state index contributed by atoms with van der Waals surface area (Å²) in [4.78, 5) is 36.7. The maximum atomic E-state index is 12.4. The zero-order valence-electron chi connectivity index (χ0n) is 16.1. The second kappa shape index (κ2) is 10.9. The maximum absolute atomic E-state index is 12.4. The van der Waals surface area contributed by atoms with Gasteiger partial charge in [0.15, 0.2) is 0 Å². The summed E-state index contributed by atoms with van der Waals surface area (Å²) in [7, 11) is 0. The number of benzene rings is 2. The van der Waals surface area contributed by atoms with E-state index in [-0.39, 0.29) is 32.0 Å². The third-order valence-electron chi connectivity index (χ3n) is 4.39. The lowest BCUT2D eigenvalue weighted by Crippen LogP contribution is -2.43. The molecule has 0 radical (unpaired) electrons. The van der Waals surface area contributed by atoms with Crippen LogP contribution in [0.15, 0.2) is 54.6 Å². The number of nitrogens with one attached hydrogen (secondary N) is 1. The zero-order valence-corrected chi connectivity index (χ0v) is 16.1. The molecule has 2 N–H and O–H groups in total. The molecule has 0 heterocycles. The second-order valence-electron chi connectivity index (χ2n) is 6.71. The molecular weight excluding hydrogens is 356 g/mol. The van der Waals surface area contributed by atoms with Gasteiger partial charge < -0.3 is 15.3 Å². The Hall–Kier alpha value is -3.15. The molecule has 28 heavy (non-hydrogen) atoms. The van der Waals surface area contributed by atoms with Crippen LogP contribution in [-0.4, -0.2) is 47.4 Å². The highest BCUT2D eigenvalue weighted by molar-refractivity contribution is 5.86. The molecule has 0 spiro atoms. The van der Waals surface area contributed by atoms with E-state index in [9.17, 15) is 14.4 Å². The van der Waals surface area contributed by atoms with E-state index in [0.29, 0.717) is 12.8 Å². The van der Waals surface area contributed by atoms with Crippen LogP contribution in [-0.2, 0) is 27.2 Å². The van der Waals surface area contributed by atoms with Gasteiger partial charge in [0, 0.05) is 13.0 Å². The fraction of sp³-hybridized carbons (Fsp3) is 0.318. The number of nitrogens with zero attached hydrogens (tertiary/aromatic N) is 1. The Morgan fingerprint density at radius 1 is 0.929 bits per heavy atom. The first kappa shape index (κ1) is 21.2. The van der Waals surface area contributed by atoms with Gasteiger partial charge in [0.25, 0.3) is 0 Å². The summed E-state index contributed by atoms with van der Waals surface area (Å²) in [6.45, 7) is 1.71. The second-order valence-corrected chi connectivity index (χ2v) is 6.71. The number of hydrogen-bond acceptors (Lipinski definition) is 3. The van der Waals surface area contributed by atoms with E-state index in [4.69, 9.17) is 5.11 Å². The van der Waals surface area contributed by atoms with Crippen LogP contribution in [0, 0.1) is 6.92 Å². The molecule has 0 unspecified atom stereocenters. The van der Waals surface area contributed by atoms with Gasteiger partial charge in [0.05, 0.1) is 6.54 Å². The summed E-state index contributed by atoms with van der Waals surface area (Å²) in [6.07, 6.45) is 1.42. The number of carbonyl (C=O) groups is 3. The smallest absolute Gasteiger partial charge is 0.323 e. The maximum Gasteiger partial charge on any atom is 0.323 e. The number of hydrogen-bond donors (Lipinski definition) is 2. The Morgan fingerprint density at radius 2 is 1.57 bits per heavy atom. The number of carbonyl (C=O) groups excluding carboxylic acids is 2. The molecule has 0 aliphatic rings. The van der Waals surface area contributed by atoms with E-state index in [0.717, 1.165) is 16.7 Å². The third kappa shape index (κ3) is 7.61. The normalized spacial score (nSPS) is 10.3. The van der Waals surface area contributed by atoms with Gasteiger partial charge in [-0.05, 0) is 30.9 Å².